The van der Waals surface area contributed by atoms with Gasteiger partial charge in [-0.1, -0.05) is 30.3 Å². The summed E-state index contributed by atoms with van der Waals surface area (Å²) >= 11 is 0. The summed E-state index contributed by atoms with van der Waals surface area (Å²) in [6, 6.07) is 16.6. The Morgan fingerprint density at radius 3 is 2.32 bits per heavy atom. The van der Waals surface area contributed by atoms with E-state index >= 15 is 0 Å². The van der Waals surface area contributed by atoms with Gasteiger partial charge in [0.15, 0.2) is 0 Å². The Bertz CT molecular complexity index is 953. The van der Waals surface area contributed by atoms with Gasteiger partial charge in [-0.15, -0.1) is 0 Å². The molecule has 1 aromatic heterocycles. The lowest BCUT2D eigenvalue weighted by Crippen LogP contribution is -2.50. The average molecular weight is 377 g/mol. The minimum Gasteiger partial charge on any atom is -0.508 e. The van der Waals surface area contributed by atoms with E-state index in [9.17, 15) is 14.7 Å². The minimum absolute atomic E-state index is 0.0209. The molecule has 4 rings (SSSR count). The van der Waals surface area contributed by atoms with Crippen molar-refractivity contribution in [2.24, 2.45) is 0 Å². The molecule has 0 saturated carbocycles. The molecule has 1 fully saturated rings. The maximum absolute atomic E-state index is 12.8. The van der Waals surface area contributed by atoms with Crippen LogP contribution in [0.3, 0.4) is 0 Å². The fourth-order valence-corrected chi connectivity index (χ4v) is 3.59. The second kappa shape index (κ2) is 7.76. The lowest BCUT2D eigenvalue weighted by Gasteiger charge is -2.34. The zero-order chi connectivity index (χ0) is 19.5. The van der Waals surface area contributed by atoms with Crippen molar-refractivity contribution in [1.82, 2.24) is 14.8 Å². The van der Waals surface area contributed by atoms with Crippen molar-refractivity contribution in [1.29, 1.82) is 0 Å². The topological polar surface area (TPSA) is 76.6 Å². The number of amides is 2. The van der Waals surface area contributed by atoms with Gasteiger partial charge in [0, 0.05) is 43.5 Å². The van der Waals surface area contributed by atoms with Crippen molar-refractivity contribution in [2.45, 2.75) is 12.8 Å². The minimum atomic E-state index is -0.0209. The molecular weight excluding hydrogens is 354 g/mol. The Labute approximate surface area is 163 Å². The third kappa shape index (κ3) is 3.86. The molecule has 144 valence electrons. The van der Waals surface area contributed by atoms with E-state index in [-0.39, 0.29) is 17.6 Å². The molecule has 0 bridgehead atoms. The van der Waals surface area contributed by atoms with Crippen molar-refractivity contribution in [3.05, 3.63) is 65.9 Å². The van der Waals surface area contributed by atoms with Crippen LogP contribution in [0.1, 0.15) is 22.5 Å². The number of carbonyl (C=O) groups excluding carboxylic acids is 2. The van der Waals surface area contributed by atoms with E-state index in [0.29, 0.717) is 44.7 Å². The molecule has 0 aliphatic carbocycles. The van der Waals surface area contributed by atoms with Gasteiger partial charge in [-0.3, -0.25) is 9.59 Å². The Morgan fingerprint density at radius 1 is 0.929 bits per heavy atom. The lowest BCUT2D eigenvalue weighted by molar-refractivity contribution is -0.132. The molecule has 0 atom stereocenters. The number of hydrogen-bond acceptors (Lipinski definition) is 3. The number of H-pyrrole nitrogens is 1. The van der Waals surface area contributed by atoms with Crippen LogP contribution in [0.5, 0.6) is 5.75 Å². The second-order valence-corrected chi connectivity index (χ2v) is 7.11. The summed E-state index contributed by atoms with van der Waals surface area (Å²) in [4.78, 5) is 32.0. The van der Waals surface area contributed by atoms with E-state index in [2.05, 4.69) is 4.98 Å². The van der Waals surface area contributed by atoms with Gasteiger partial charge in [0.05, 0.1) is 0 Å². The van der Waals surface area contributed by atoms with Crippen molar-refractivity contribution >= 4 is 22.7 Å². The third-order valence-corrected chi connectivity index (χ3v) is 5.24. The maximum atomic E-state index is 12.8. The number of benzene rings is 2. The highest BCUT2D eigenvalue weighted by Gasteiger charge is 2.25. The van der Waals surface area contributed by atoms with E-state index in [1.165, 1.54) is 0 Å². The highest BCUT2D eigenvalue weighted by molar-refractivity contribution is 5.98. The maximum Gasteiger partial charge on any atom is 0.270 e. The zero-order valence-corrected chi connectivity index (χ0v) is 15.6. The Morgan fingerprint density at radius 2 is 1.61 bits per heavy atom. The van der Waals surface area contributed by atoms with Crippen LogP contribution in [0.4, 0.5) is 0 Å². The molecule has 6 heteroatoms. The Hall–Kier alpha value is -3.28. The molecule has 6 nitrogen and oxygen atoms in total. The Balaban J connectivity index is 1.30. The highest BCUT2D eigenvalue weighted by atomic mass is 16.3. The molecular formula is C22H23N3O3. The number of aromatic hydroxyl groups is 1. The van der Waals surface area contributed by atoms with Crippen molar-refractivity contribution in [3.8, 4) is 5.75 Å². The van der Waals surface area contributed by atoms with Crippen LogP contribution in [0.25, 0.3) is 10.9 Å². The van der Waals surface area contributed by atoms with Crippen molar-refractivity contribution < 1.29 is 14.7 Å². The fourth-order valence-electron chi connectivity index (χ4n) is 3.59. The number of fused-ring (bicyclic) bond motifs is 1. The van der Waals surface area contributed by atoms with Crippen LogP contribution in [-0.2, 0) is 11.2 Å². The second-order valence-electron chi connectivity index (χ2n) is 7.11. The van der Waals surface area contributed by atoms with Crippen molar-refractivity contribution in [2.75, 3.05) is 26.2 Å². The number of hydrogen-bond donors (Lipinski definition) is 2. The van der Waals surface area contributed by atoms with Gasteiger partial charge >= 0.3 is 0 Å². The monoisotopic (exact) mass is 377 g/mol. The van der Waals surface area contributed by atoms with Crippen LogP contribution >= 0.6 is 0 Å². The number of nitrogens with zero attached hydrogens (tertiary/aromatic N) is 2. The van der Waals surface area contributed by atoms with Gasteiger partial charge in [0.2, 0.25) is 5.91 Å². The number of phenols is 1. The van der Waals surface area contributed by atoms with Crippen LogP contribution in [0.2, 0.25) is 0 Å². The predicted molar refractivity (Wildman–Crippen MR) is 107 cm³/mol. The highest BCUT2D eigenvalue weighted by Crippen LogP contribution is 2.17. The quantitative estimate of drug-likeness (QED) is 0.734. The van der Waals surface area contributed by atoms with Crippen LogP contribution in [-0.4, -0.2) is 57.9 Å². The number of aryl methyl sites for hydroxylation is 1. The van der Waals surface area contributed by atoms with E-state index in [1.807, 2.05) is 47.4 Å². The summed E-state index contributed by atoms with van der Waals surface area (Å²) in [5.41, 5.74) is 2.57. The number of rotatable bonds is 4. The molecule has 0 unspecified atom stereocenters. The smallest absolute Gasteiger partial charge is 0.270 e. The summed E-state index contributed by atoms with van der Waals surface area (Å²) < 4.78 is 0. The number of carbonyl (C=O) groups is 2. The van der Waals surface area contributed by atoms with Gasteiger partial charge in [-0.05, 0) is 36.2 Å². The van der Waals surface area contributed by atoms with Crippen LogP contribution in [0, 0.1) is 0 Å². The van der Waals surface area contributed by atoms with E-state index in [0.717, 1.165) is 16.5 Å². The van der Waals surface area contributed by atoms with Crippen molar-refractivity contribution in [3.63, 3.8) is 0 Å². The van der Waals surface area contributed by atoms with Gasteiger partial charge in [-0.2, -0.15) is 0 Å². The first-order chi connectivity index (χ1) is 13.6. The molecule has 0 radical (unpaired) electrons. The largest absolute Gasteiger partial charge is 0.508 e. The van der Waals surface area contributed by atoms with Gasteiger partial charge in [0.25, 0.3) is 5.91 Å². The fraction of sp³-hybridized carbons (Fsp3) is 0.273. The van der Waals surface area contributed by atoms with Gasteiger partial charge in [-0.25, -0.2) is 0 Å². The summed E-state index contributed by atoms with van der Waals surface area (Å²) in [5.74, 6) is 0.309. The molecule has 2 heterocycles. The number of nitrogens with one attached hydrogen (secondary N) is 1. The molecule has 3 aromatic rings. The average Bonchev–Trinajstić information content (AvgIpc) is 3.17. The number of para-hydroxylation sites is 1. The summed E-state index contributed by atoms with van der Waals surface area (Å²) in [6.07, 6.45) is 1.08. The first-order valence-electron chi connectivity index (χ1n) is 9.53. The summed E-state index contributed by atoms with van der Waals surface area (Å²) in [5, 5.41) is 10.3. The molecule has 1 aliphatic rings. The molecule has 2 aromatic carbocycles. The third-order valence-electron chi connectivity index (χ3n) is 5.24. The molecule has 1 aliphatic heterocycles. The predicted octanol–water partition coefficient (Wildman–Crippen LogP) is 2.79. The molecule has 2 amide bonds. The van der Waals surface area contributed by atoms with Crippen LogP contribution in [0.15, 0.2) is 54.6 Å². The number of piperazine rings is 1. The molecule has 2 N–H and O–H groups in total. The Kier molecular flexibility index (Phi) is 5.02. The first-order valence-corrected chi connectivity index (χ1v) is 9.53. The van der Waals surface area contributed by atoms with Gasteiger partial charge in [0.1, 0.15) is 11.4 Å². The molecule has 28 heavy (non-hydrogen) atoms. The van der Waals surface area contributed by atoms with Gasteiger partial charge < -0.3 is 19.9 Å². The van der Waals surface area contributed by atoms with Crippen LogP contribution < -0.4 is 0 Å². The van der Waals surface area contributed by atoms with E-state index < -0.39 is 0 Å². The first kappa shape index (κ1) is 18.1. The number of aromatic nitrogens is 1. The SMILES string of the molecule is O=C(CCc1ccc(O)cc1)N1CCN(C(=O)c2cc3ccccc3[nH]2)CC1. The standard InChI is InChI=1S/C22H23N3O3/c26-18-8-5-16(6-9-18)7-10-21(27)24-11-13-25(14-12-24)22(28)20-15-17-3-1-2-4-19(17)23-20/h1-6,8-9,15,23,26H,7,10-14H2. The lowest BCUT2D eigenvalue weighted by atomic mass is 10.1. The number of phenolic OH excluding ortho intramolecular Hbond substituents is 1. The molecule has 0 spiro atoms. The molecule has 1 saturated heterocycles. The summed E-state index contributed by atoms with van der Waals surface area (Å²) in [7, 11) is 0. The number of aromatic amines is 1. The van der Waals surface area contributed by atoms with E-state index in [4.69, 9.17) is 0 Å². The van der Waals surface area contributed by atoms with E-state index in [1.54, 1.807) is 17.0 Å². The zero-order valence-electron chi connectivity index (χ0n) is 15.6. The normalized spacial score (nSPS) is 14.4. The summed E-state index contributed by atoms with van der Waals surface area (Å²) in [6.45, 7) is 2.19.